The van der Waals surface area contributed by atoms with Crippen LogP contribution in [-0.2, 0) is 4.74 Å². The van der Waals surface area contributed by atoms with Crippen LogP contribution >= 0.6 is 0 Å². The molecule has 2 saturated carbocycles. The zero-order valence-electron chi connectivity index (χ0n) is 18.1. The Bertz CT molecular complexity index is 867. The van der Waals surface area contributed by atoms with E-state index in [2.05, 4.69) is 62.4 Å². The fraction of sp³-hybridized carbons (Fsp3) is 0.500. The lowest BCUT2D eigenvalue weighted by Crippen LogP contribution is -2.39. The molecule has 2 fully saturated rings. The first kappa shape index (κ1) is 20.6. The van der Waals surface area contributed by atoms with Crippen LogP contribution < -0.4 is 0 Å². The van der Waals surface area contributed by atoms with Crippen LogP contribution in [0.4, 0.5) is 0 Å². The van der Waals surface area contributed by atoms with Gasteiger partial charge in [-0.2, -0.15) is 0 Å². The molecule has 148 valence electrons. The Balaban J connectivity index is 1.95. The summed E-state index contributed by atoms with van der Waals surface area (Å²) in [7, 11) is 1.84. The predicted molar refractivity (Wildman–Crippen MR) is 118 cm³/mol. The Hall–Kier alpha value is -2.11. The summed E-state index contributed by atoms with van der Waals surface area (Å²) in [6.07, 6.45) is 14.5. The molecule has 0 bridgehead atoms. The van der Waals surface area contributed by atoms with Gasteiger partial charge in [-0.3, -0.25) is 4.98 Å². The highest BCUT2D eigenvalue weighted by Gasteiger charge is 2.54. The van der Waals surface area contributed by atoms with Crippen molar-refractivity contribution in [1.29, 1.82) is 0 Å². The minimum atomic E-state index is 0.102. The summed E-state index contributed by atoms with van der Waals surface area (Å²) in [5, 5.41) is 0. The van der Waals surface area contributed by atoms with Gasteiger partial charge in [-0.25, -0.2) is 0 Å². The number of rotatable bonds is 3. The van der Waals surface area contributed by atoms with E-state index in [1.807, 2.05) is 26.4 Å². The quantitative estimate of drug-likeness (QED) is 0.575. The Morgan fingerprint density at radius 1 is 1.29 bits per heavy atom. The molecule has 1 heterocycles. The SMILES string of the molecule is C=C1CC2(CCC(OC)CC2)C(C)(C)/C1=C/C(=C\C)c1cncc(C#CC)c1. The van der Waals surface area contributed by atoms with Gasteiger partial charge in [0.25, 0.3) is 0 Å². The van der Waals surface area contributed by atoms with Crippen molar-refractivity contribution in [2.24, 2.45) is 10.8 Å². The Morgan fingerprint density at radius 2 is 2.00 bits per heavy atom. The van der Waals surface area contributed by atoms with E-state index < -0.39 is 0 Å². The number of hydrogen-bond acceptors (Lipinski definition) is 2. The molecule has 2 heteroatoms. The molecule has 28 heavy (non-hydrogen) atoms. The molecule has 0 unspecified atom stereocenters. The van der Waals surface area contributed by atoms with Crippen molar-refractivity contribution >= 4 is 5.57 Å². The molecule has 2 aliphatic rings. The Morgan fingerprint density at radius 3 is 2.61 bits per heavy atom. The summed E-state index contributed by atoms with van der Waals surface area (Å²) in [5.74, 6) is 6.07. The van der Waals surface area contributed by atoms with Crippen molar-refractivity contribution < 1.29 is 4.74 Å². The average Bonchev–Trinajstić information content (AvgIpc) is 2.86. The highest BCUT2D eigenvalue weighted by atomic mass is 16.5. The second-order valence-electron chi connectivity index (χ2n) is 8.76. The second kappa shape index (κ2) is 8.10. The summed E-state index contributed by atoms with van der Waals surface area (Å²) in [6, 6.07) is 2.13. The zero-order valence-corrected chi connectivity index (χ0v) is 18.1. The standard InChI is InChI=1S/C26H33NO/c1-7-9-20-14-22(18-27-17-20)21(8-2)15-24-19(3)16-26(25(24,4)5)12-10-23(28-6)11-13-26/h8,14-15,17-18,23H,3,10-13,16H2,1-2,4-6H3/b21-8+,24-15+. The topological polar surface area (TPSA) is 22.1 Å². The van der Waals surface area contributed by atoms with Gasteiger partial charge in [-0.05, 0) is 74.0 Å². The van der Waals surface area contributed by atoms with Crippen LogP contribution in [-0.4, -0.2) is 18.2 Å². The number of allylic oxidation sites excluding steroid dienone is 5. The van der Waals surface area contributed by atoms with Crippen molar-refractivity contribution in [3.05, 3.63) is 59.5 Å². The lowest BCUT2D eigenvalue weighted by molar-refractivity contribution is -0.00565. The first-order valence-electron chi connectivity index (χ1n) is 10.3. The van der Waals surface area contributed by atoms with Gasteiger partial charge in [-0.1, -0.05) is 44.1 Å². The normalized spacial score (nSPS) is 28.5. The van der Waals surface area contributed by atoms with Gasteiger partial charge >= 0.3 is 0 Å². The highest BCUT2D eigenvalue weighted by Crippen LogP contribution is 2.64. The van der Waals surface area contributed by atoms with E-state index in [-0.39, 0.29) is 5.41 Å². The van der Waals surface area contributed by atoms with E-state index >= 15 is 0 Å². The van der Waals surface area contributed by atoms with E-state index in [1.165, 1.54) is 29.6 Å². The Kier molecular flexibility index (Phi) is 5.96. The monoisotopic (exact) mass is 375 g/mol. The van der Waals surface area contributed by atoms with E-state index in [4.69, 9.17) is 4.74 Å². The van der Waals surface area contributed by atoms with Crippen LogP contribution in [0, 0.1) is 22.7 Å². The summed E-state index contributed by atoms with van der Waals surface area (Å²) in [6.45, 7) is 13.3. The van der Waals surface area contributed by atoms with Crippen LogP contribution in [0.25, 0.3) is 5.57 Å². The molecular formula is C26H33NO. The minimum absolute atomic E-state index is 0.102. The highest BCUT2D eigenvalue weighted by molar-refractivity contribution is 5.76. The van der Waals surface area contributed by atoms with E-state index in [9.17, 15) is 0 Å². The smallest absolute Gasteiger partial charge is 0.0571 e. The summed E-state index contributed by atoms with van der Waals surface area (Å²) in [4.78, 5) is 4.39. The molecule has 0 atom stereocenters. The lowest BCUT2D eigenvalue weighted by Gasteiger charge is -2.46. The van der Waals surface area contributed by atoms with Gasteiger partial charge < -0.3 is 4.74 Å². The van der Waals surface area contributed by atoms with Gasteiger partial charge in [0.05, 0.1) is 6.10 Å². The van der Waals surface area contributed by atoms with Crippen LogP contribution in [0.3, 0.4) is 0 Å². The summed E-state index contributed by atoms with van der Waals surface area (Å²) in [5.41, 5.74) is 6.35. The van der Waals surface area contributed by atoms with E-state index in [1.54, 1.807) is 0 Å². The molecule has 2 aliphatic carbocycles. The third-order valence-corrected chi connectivity index (χ3v) is 7.11. The molecule has 1 spiro atoms. The third-order valence-electron chi connectivity index (χ3n) is 7.11. The third kappa shape index (κ3) is 3.61. The van der Waals surface area contributed by atoms with Crippen LogP contribution in [0.5, 0.6) is 0 Å². The first-order chi connectivity index (χ1) is 13.4. The van der Waals surface area contributed by atoms with Crippen molar-refractivity contribution in [1.82, 2.24) is 4.98 Å². The molecule has 1 aromatic rings. The van der Waals surface area contributed by atoms with Gasteiger partial charge in [0.15, 0.2) is 0 Å². The van der Waals surface area contributed by atoms with Crippen LogP contribution in [0.15, 0.2) is 48.3 Å². The molecule has 0 radical (unpaired) electrons. The fourth-order valence-corrected chi connectivity index (χ4v) is 5.22. The largest absolute Gasteiger partial charge is 0.381 e. The summed E-state index contributed by atoms with van der Waals surface area (Å²) >= 11 is 0. The number of hydrogen-bond donors (Lipinski definition) is 0. The molecule has 0 saturated heterocycles. The zero-order chi connectivity index (χ0) is 20.4. The number of methoxy groups -OCH3 is 1. The maximum Gasteiger partial charge on any atom is 0.0571 e. The molecule has 3 rings (SSSR count). The molecule has 1 aromatic heterocycles. The number of ether oxygens (including phenoxy) is 1. The van der Waals surface area contributed by atoms with E-state index in [0.29, 0.717) is 11.5 Å². The van der Waals surface area contributed by atoms with Crippen molar-refractivity contribution in [3.8, 4) is 11.8 Å². The van der Waals surface area contributed by atoms with E-state index in [0.717, 1.165) is 30.4 Å². The molecule has 0 aromatic carbocycles. The lowest BCUT2D eigenvalue weighted by atomic mass is 9.59. The van der Waals surface area contributed by atoms with Crippen LogP contribution in [0.2, 0.25) is 0 Å². The summed E-state index contributed by atoms with van der Waals surface area (Å²) < 4.78 is 5.62. The van der Waals surface area contributed by atoms with Gasteiger partial charge in [0, 0.05) is 30.6 Å². The molecule has 0 amide bonds. The average molecular weight is 376 g/mol. The first-order valence-corrected chi connectivity index (χ1v) is 10.3. The number of aromatic nitrogens is 1. The van der Waals surface area contributed by atoms with Gasteiger partial charge in [0.2, 0.25) is 0 Å². The van der Waals surface area contributed by atoms with Crippen LogP contribution in [0.1, 0.15) is 70.9 Å². The van der Waals surface area contributed by atoms with Gasteiger partial charge in [0.1, 0.15) is 0 Å². The minimum Gasteiger partial charge on any atom is -0.381 e. The molecule has 2 nitrogen and oxygen atoms in total. The maximum absolute atomic E-state index is 5.62. The second-order valence-corrected chi connectivity index (χ2v) is 8.76. The van der Waals surface area contributed by atoms with Gasteiger partial charge in [-0.15, -0.1) is 5.92 Å². The predicted octanol–water partition coefficient (Wildman–Crippen LogP) is 6.34. The van der Waals surface area contributed by atoms with Crippen molar-refractivity contribution in [3.63, 3.8) is 0 Å². The molecule has 0 aliphatic heterocycles. The number of nitrogens with zero attached hydrogens (tertiary/aromatic N) is 1. The van der Waals surface area contributed by atoms with Crippen molar-refractivity contribution in [2.75, 3.05) is 7.11 Å². The van der Waals surface area contributed by atoms with Crippen molar-refractivity contribution in [2.45, 2.75) is 65.9 Å². The Labute approximate surface area is 170 Å². The maximum atomic E-state index is 5.62. The fourth-order valence-electron chi connectivity index (χ4n) is 5.22. The molecular weight excluding hydrogens is 342 g/mol. The number of pyridine rings is 1. The molecule has 0 N–H and O–H groups in total.